The van der Waals surface area contributed by atoms with Crippen LogP contribution in [0.25, 0.3) is 17.2 Å². The Morgan fingerprint density at radius 2 is 1.84 bits per heavy atom. The Morgan fingerprint density at radius 3 is 2.64 bits per heavy atom. The average molecular weight is 352 g/mol. The van der Waals surface area contributed by atoms with Crippen LogP contribution in [-0.4, -0.2) is 29.8 Å². The Kier molecular flexibility index (Phi) is 3.96. The van der Waals surface area contributed by atoms with Crippen LogP contribution in [0, 0.1) is 20.8 Å². The number of rotatable bonds is 4. The van der Waals surface area contributed by atoms with Gasteiger partial charge >= 0.3 is 0 Å². The second kappa shape index (κ2) is 6.29. The van der Waals surface area contributed by atoms with E-state index in [4.69, 9.17) is 4.42 Å². The predicted molar refractivity (Wildman–Crippen MR) is 94.3 cm³/mol. The topological polar surface area (TPSA) is 82.0 Å². The fourth-order valence-corrected chi connectivity index (χ4v) is 3.11. The van der Waals surface area contributed by atoms with Gasteiger partial charge in [-0.2, -0.15) is 4.98 Å². The van der Waals surface area contributed by atoms with Crippen LogP contribution in [0.5, 0.6) is 0 Å². The van der Waals surface area contributed by atoms with Crippen molar-refractivity contribution < 1.29 is 4.42 Å². The van der Waals surface area contributed by atoms with Gasteiger partial charge in [0, 0.05) is 17.0 Å². The third-order valence-corrected chi connectivity index (χ3v) is 4.51. The Balaban J connectivity index is 1.50. The molecule has 0 amide bonds. The highest BCUT2D eigenvalue weighted by Crippen LogP contribution is 2.23. The molecule has 0 saturated heterocycles. The normalized spacial score (nSPS) is 11.3. The first-order chi connectivity index (χ1) is 12.1. The van der Waals surface area contributed by atoms with Gasteiger partial charge in [-0.1, -0.05) is 29.5 Å². The first kappa shape index (κ1) is 15.8. The molecule has 0 N–H and O–H groups in total. The smallest absolute Gasteiger partial charge is 0.253 e. The molecule has 0 unspecified atom stereocenters. The van der Waals surface area contributed by atoms with Crippen molar-refractivity contribution in [3.8, 4) is 11.5 Å². The van der Waals surface area contributed by atoms with Gasteiger partial charge in [0.1, 0.15) is 0 Å². The molecule has 0 aliphatic rings. The molecule has 25 heavy (non-hydrogen) atoms. The summed E-state index contributed by atoms with van der Waals surface area (Å²) < 4.78 is 7.46. The number of fused-ring (bicyclic) bond motifs is 1. The van der Waals surface area contributed by atoms with E-state index in [9.17, 15) is 0 Å². The van der Waals surface area contributed by atoms with Gasteiger partial charge < -0.3 is 4.42 Å². The molecule has 4 aromatic rings. The van der Waals surface area contributed by atoms with E-state index in [0.717, 1.165) is 17.0 Å². The fraction of sp³-hybridized carbons (Fsp3) is 0.235. The monoisotopic (exact) mass is 352 g/mol. The van der Waals surface area contributed by atoms with Gasteiger partial charge in [-0.15, -0.1) is 15.3 Å². The molecule has 0 atom stereocenters. The van der Waals surface area contributed by atoms with Gasteiger partial charge in [0.15, 0.2) is 0 Å². The summed E-state index contributed by atoms with van der Waals surface area (Å²) in [5.41, 5.74) is 4.03. The first-order valence-corrected chi connectivity index (χ1v) is 8.80. The molecule has 0 bridgehead atoms. The maximum atomic E-state index is 5.73. The highest BCUT2D eigenvalue weighted by atomic mass is 32.2. The summed E-state index contributed by atoms with van der Waals surface area (Å²) in [5, 5.41) is 13.3. The maximum Gasteiger partial charge on any atom is 0.253 e. The summed E-state index contributed by atoms with van der Waals surface area (Å²) in [4.78, 5) is 8.83. The molecule has 3 aromatic heterocycles. The number of nitrogens with zero attached hydrogens (tertiary/aromatic N) is 6. The zero-order chi connectivity index (χ0) is 17.4. The summed E-state index contributed by atoms with van der Waals surface area (Å²) in [7, 11) is 0. The van der Waals surface area contributed by atoms with Gasteiger partial charge in [0.25, 0.3) is 5.78 Å². The SMILES string of the molecule is Cc1ccc(-c2nnc(CSc3nc4nc(C)cc(C)n4n3)o2)cc1. The van der Waals surface area contributed by atoms with E-state index in [1.54, 1.807) is 4.52 Å². The van der Waals surface area contributed by atoms with E-state index in [2.05, 4.69) is 25.3 Å². The van der Waals surface area contributed by atoms with Crippen molar-refractivity contribution in [2.45, 2.75) is 31.7 Å². The van der Waals surface area contributed by atoms with Crippen LogP contribution in [0.3, 0.4) is 0 Å². The van der Waals surface area contributed by atoms with E-state index in [-0.39, 0.29) is 0 Å². The van der Waals surface area contributed by atoms with Crippen LogP contribution in [0.1, 0.15) is 22.8 Å². The van der Waals surface area contributed by atoms with E-state index < -0.39 is 0 Å². The van der Waals surface area contributed by atoms with Crippen molar-refractivity contribution in [3.63, 3.8) is 0 Å². The minimum Gasteiger partial charge on any atom is -0.420 e. The van der Waals surface area contributed by atoms with Gasteiger partial charge in [-0.05, 0) is 39.0 Å². The Labute approximate surface area is 148 Å². The zero-order valence-corrected chi connectivity index (χ0v) is 14.9. The van der Waals surface area contributed by atoms with Gasteiger partial charge in [0.05, 0.1) is 5.75 Å². The van der Waals surface area contributed by atoms with Crippen LogP contribution in [0.15, 0.2) is 39.9 Å². The minimum atomic E-state index is 0.508. The van der Waals surface area contributed by atoms with Gasteiger partial charge in [0.2, 0.25) is 16.9 Å². The third-order valence-electron chi connectivity index (χ3n) is 3.69. The molecule has 8 heteroatoms. The molecule has 0 saturated carbocycles. The molecule has 1 aromatic carbocycles. The Morgan fingerprint density at radius 1 is 1.04 bits per heavy atom. The van der Waals surface area contributed by atoms with E-state index in [1.807, 2.05) is 51.1 Å². The Bertz CT molecular complexity index is 1040. The van der Waals surface area contributed by atoms with Crippen LogP contribution in [-0.2, 0) is 5.75 Å². The summed E-state index contributed by atoms with van der Waals surface area (Å²) in [6.07, 6.45) is 0. The average Bonchev–Trinajstić information content (AvgIpc) is 3.20. The number of thioether (sulfide) groups is 1. The van der Waals surface area contributed by atoms with Crippen molar-refractivity contribution in [2.75, 3.05) is 0 Å². The van der Waals surface area contributed by atoms with Crippen molar-refractivity contribution in [3.05, 3.63) is 53.2 Å². The molecule has 0 aliphatic heterocycles. The van der Waals surface area contributed by atoms with E-state index >= 15 is 0 Å². The molecule has 126 valence electrons. The molecule has 0 aliphatic carbocycles. The number of aromatic nitrogens is 6. The highest BCUT2D eigenvalue weighted by molar-refractivity contribution is 7.98. The fourth-order valence-electron chi connectivity index (χ4n) is 2.46. The van der Waals surface area contributed by atoms with E-state index in [0.29, 0.717) is 28.5 Å². The van der Waals surface area contributed by atoms with Crippen LogP contribution < -0.4 is 0 Å². The predicted octanol–water partition coefficient (Wildman–Crippen LogP) is 3.39. The lowest BCUT2D eigenvalue weighted by Gasteiger charge is -1.97. The molecular weight excluding hydrogens is 336 g/mol. The number of hydrogen-bond acceptors (Lipinski definition) is 7. The second-order valence-electron chi connectivity index (χ2n) is 5.80. The molecule has 3 heterocycles. The van der Waals surface area contributed by atoms with Crippen molar-refractivity contribution >= 4 is 17.5 Å². The molecular formula is C17H16N6OS. The van der Waals surface area contributed by atoms with Gasteiger partial charge in [-0.3, -0.25) is 0 Å². The second-order valence-corrected chi connectivity index (χ2v) is 6.74. The number of hydrogen-bond donors (Lipinski definition) is 0. The van der Waals surface area contributed by atoms with Gasteiger partial charge in [-0.25, -0.2) is 9.50 Å². The number of aryl methyl sites for hydroxylation is 3. The van der Waals surface area contributed by atoms with Crippen molar-refractivity contribution in [1.82, 2.24) is 29.8 Å². The Hall–Kier alpha value is -2.74. The lowest BCUT2D eigenvalue weighted by Crippen LogP contribution is -1.97. The summed E-state index contributed by atoms with van der Waals surface area (Å²) in [5.74, 6) is 2.17. The standard InChI is InChI=1S/C17H16N6OS/c1-10-4-6-13(7-5-10)15-21-20-14(24-15)9-25-17-19-16-18-11(2)8-12(3)23(16)22-17/h4-8H,9H2,1-3H3. The molecule has 0 fully saturated rings. The molecule has 0 radical (unpaired) electrons. The quantitative estimate of drug-likeness (QED) is 0.521. The van der Waals surface area contributed by atoms with Crippen LogP contribution in [0.4, 0.5) is 0 Å². The van der Waals surface area contributed by atoms with E-state index in [1.165, 1.54) is 17.3 Å². The molecule has 7 nitrogen and oxygen atoms in total. The lowest BCUT2D eigenvalue weighted by atomic mass is 10.1. The molecule has 4 rings (SSSR count). The zero-order valence-electron chi connectivity index (χ0n) is 14.1. The first-order valence-electron chi connectivity index (χ1n) is 7.82. The largest absolute Gasteiger partial charge is 0.420 e. The number of benzene rings is 1. The van der Waals surface area contributed by atoms with Crippen LogP contribution in [0.2, 0.25) is 0 Å². The summed E-state index contributed by atoms with van der Waals surface area (Å²) in [6.45, 7) is 5.97. The molecule has 0 spiro atoms. The summed E-state index contributed by atoms with van der Waals surface area (Å²) >= 11 is 1.45. The highest BCUT2D eigenvalue weighted by Gasteiger charge is 2.12. The maximum absolute atomic E-state index is 5.73. The summed E-state index contributed by atoms with van der Waals surface area (Å²) in [6, 6.07) is 9.96. The lowest BCUT2D eigenvalue weighted by molar-refractivity contribution is 0.528. The van der Waals surface area contributed by atoms with Crippen molar-refractivity contribution in [2.24, 2.45) is 0 Å². The minimum absolute atomic E-state index is 0.508. The third kappa shape index (κ3) is 3.25. The van der Waals surface area contributed by atoms with Crippen molar-refractivity contribution in [1.29, 1.82) is 0 Å². The van der Waals surface area contributed by atoms with Crippen LogP contribution >= 0.6 is 11.8 Å².